The van der Waals surface area contributed by atoms with Gasteiger partial charge in [-0.15, -0.1) is 0 Å². The molecule has 0 atom stereocenters. The van der Waals surface area contributed by atoms with Crippen LogP contribution in [0.1, 0.15) is 5.69 Å². The van der Waals surface area contributed by atoms with Crippen LogP contribution in [0.2, 0.25) is 0 Å². The van der Waals surface area contributed by atoms with Crippen LogP contribution in [-0.2, 0) is 0 Å². The first-order valence-corrected chi connectivity index (χ1v) is 6.32. The molecule has 0 amide bonds. The number of hydrogen-bond acceptors (Lipinski definition) is 4. The van der Waals surface area contributed by atoms with Crippen molar-refractivity contribution in [2.75, 3.05) is 19.5 Å². The van der Waals surface area contributed by atoms with Crippen LogP contribution < -0.4 is 10.1 Å². The highest BCUT2D eigenvalue weighted by molar-refractivity contribution is 9.10. The van der Waals surface area contributed by atoms with Gasteiger partial charge in [-0.25, -0.2) is 9.97 Å². The van der Waals surface area contributed by atoms with Gasteiger partial charge >= 0.3 is 0 Å². The Morgan fingerprint density at radius 2 is 1.94 bits per heavy atom. The van der Waals surface area contributed by atoms with Gasteiger partial charge in [0.25, 0.3) is 0 Å². The van der Waals surface area contributed by atoms with Crippen molar-refractivity contribution in [2.45, 2.75) is 6.92 Å². The van der Waals surface area contributed by atoms with E-state index in [0.29, 0.717) is 5.82 Å². The van der Waals surface area contributed by atoms with Crippen molar-refractivity contribution in [3.05, 3.63) is 34.4 Å². The summed E-state index contributed by atoms with van der Waals surface area (Å²) in [5, 5.41) is 3.04. The van der Waals surface area contributed by atoms with Gasteiger partial charge in [-0.2, -0.15) is 0 Å². The van der Waals surface area contributed by atoms with E-state index in [4.69, 9.17) is 4.74 Å². The third-order valence-electron chi connectivity index (χ3n) is 2.60. The lowest BCUT2D eigenvalue weighted by Gasteiger charge is -2.11. The fourth-order valence-corrected chi connectivity index (χ4v) is 2.05. The van der Waals surface area contributed by atoms with E-state index in [9.17, 15) is 0 Å². The Morgan fingerprint density at radius 3 is 2.61 bits per heavy atom. The molecule has 2 rings (SSSR count). The zero-order valence-corrected chi connectivity index (χ0v) is 12.1. The van der Waals surface area contributed by atoms with Gasteiger partial charge < -0.3 is 10.1 Å². The maximum absolute atomic E-state index is 5.33. The fourth-order valence-electron chi connectivity index (χ4n) is 1.67. The Labute approximate surface area is 115 Å². The maximum Gasteiger partial charge on any atom is 0.165 e. The van der Waals surface area contributed by atoms with Crippen LogP contribution >= 0.6 is 15.9 Å². The number of hydrogen-bond donors (Lipinski definition) is 1. The predicted molar refractivity (Wildman–Crippen MR) is 76.0 cm³/mol. The summed E-state index contributed by atoms with van der Waals surface area (Å²) in [5.74, 6) is 2.18. The van der Waals surface area contributed by atoms with Crippen LogP contribution in [0.5, 0.6) is 5.75 Å². The molecule has 94 valence electrons. The van der Waals surface area contributed by atoms with Gasteiger partial charge in [0.2, 0.25) is 0 Å². The van der Waals surface area contributed by atoms with Crippen molar-refractivity contribution in [3.63, 3.8) is 0 Å². The van der Waals surface area contributed by atoms with Crippen LogP contribution in [0.25, 0.3) is 11.4 Å². The van der Waals surface area contributed by atoms with Crippen LogP contribution in [0.15, 0.2) is 28.7 Å². The molecular weight excluding hydrogens is 294 g/mol. The second kappa shape index (κ2) is 5.35. The highest BCUT2D eigenvalue weighted by atomic mass is 79.9. The average molecular weight is 308 g/mol. The maximum atomic E-state index is 5.33. The SMILES string of the molecule is CNc1nc(-c2ccccc2OC)nc(C)c1Br. The van der Waals surface area contributed by atoms with E-state index in [2.05, 4.69) is 31.2 Å². The zero-order valence-electron chi connectivity index (χ0n) is 10.5. The highest BCUT2D eigenvalue weighted by Gasteiger charge is 2.12. The summed E-state index contributed by atoms with van der Waals surface area (Å²) in [6.45, 7) is 1.94. The number of anilines is 1. The largest absolute Gasteiger partial charge is 0.496 e. The lowest BCUT2D eigenvalue weighted by atomic mass is 10.2. The van der Waals surface area contributed by atoms with E-state index < -0.39 is 0 Å². The van der Waals surface area contributed by atoms with Gasteiger partial charge in [0.05, 0.1) is 22.8 Å². The molecule has 0 bridgehead atoms. The number of nitrogens with zero attached hydrogens (tertiary/aromatic N) is 2. The van der Waals surface area contributed by atoms with Gasteiger partial charge in [-0.3, -0.25) is 0 Å². The molecule has 0 fully saturated rings. The Bertz CT molecular complexity index is 572. The lowest BCUT2D eigenvalue weighted by molar-refractivity contribution is 0.416. The van der Waals surface area contributed by atoms with E-state index in [1.54, 1.807) is 7.11 Å². The molecule has 0 aliphatic rings. The predicted octanol–water partition coefficient (Wildman–Crippen LogP) is 3.26. The second-order valence-electron chi connectivity index (χ2n) is 3.75. The molecule has 0 saturated carbocycles. The minimum absolute atomic E-state index is 0.650. The normalized spacial score (nSPS) is 10.2. The molecule has 0 unspecified atom stereocenters. The smallest absolute Gasteiger partial charge is 0.165 e. The molecule has 0 aliphatic carbocycles. The van der Waals surface area contributed by atoms with Crippen molar-refractivity contribution in [2.24, 2.45) is 0 Å². The number of methoxy groups -OCH3 is 1. The van der Waals surface area contributed by atoms with E-state index in [-0.39, 0.29) is 0 Å². The lowest BCUT2D eigenvalue weighted by Crippen LogP contribution is -2.01. The molecule has 0 radical (unpaired) electrons. The number of halogens is 1. The molecule has 0 aliphatic heterocycles. The van der Waals surface area contributed by atoms with Gasteiger partial charge in [0.1, 0.15) is 11.6 Å². The summed E-state index contributed by atoms with van der Waals surface area (Å²) in [7, 11) is 3.47. The van der Waals surface area contributed by atoms with Crippen molar-refractivity contribution in [3.8, 4) is 17.1 Å². The molecule has 1 aromatic heterocycles. The molecule has 18 heavy (non-hydrogen) atoms. The van der Waals surface area contributed by atoms with Crippen molar-refractivity contribution < 1.29 is 4.74 Å². The van der Waals surface area contributed by atoms with Crippen LogP contribution in [0, 0.1) is 6.92 Å². The van der Waals surface area contributed by atoms with Crippen molar-refractivity contribution in [1.29, 1.82) is 0 Å². The van der Waals surface area contributed by atoms with E-state index in [1.807, 2.05) is 38.2 Å². The number of aromatic nitrogens is 2. The Hall–Kier alpha value is -1.62. The van der Waals surface area contributed by atoms with E-state index >= 15 is 0 Å². The molecule has 5 heteroatoms. The highest BCUT2D eigenvalue weighted by Crippen LogP contribution is 2.31. The fraction of sp³-hybridized carbons (Fsp3) is 0.231. The summed E-state index contributed by atoms with van der Waals surface area (Å²) in [4.78, 5) is 8.96. The number of para-hydroxylation sites is 1. The minimum atomic E-state index is 0.650. The first kappa shape index (κ1) is 12.8. The first-order valence-electron chi connectivity index (χ1n) is 5.52. The molecule has 0 saturated heterocycles. The summed E-state index contributed by atoms with van der Waals surface area (Å²) in [5.41, 5.74) is 1.77. The van der Waals surface area contributed by atoms with Crippen LogP contribution in [0.3, 0.4) is 0 Å². The van der Waals surface area contributed by atoms with E-state index in [1.165, 1.54) is 0 Å². The molecule has 0 spiro atoms. The second-order valence-corrected chi connectivity index (χ2v) is 4.54. The van der Waals surface area contributed by atoms with Crippen molar-refractivity contribution in [1.82, 2.24) is 9.97 Å². The number of aryl methyl sites for hydroxylation is 1. The summed E-state index contributed by atoms with van der Waals surface area (Å²) in [6.07, 6.45) is 0. The van der Waals surface area contributed by atoms with Crippen molar-refractivity contribution >= 4 is 21.7 Å². The number of nitrogens with one attached hydrogen (secondary N) is 1. The molecule has 1 aromatic carbocycles. The van der Waals surface area contributed by atoms with Gasteiger partial charge in [-0.05, 0) is 35.0 Å². The monoisotopic (exact) mass is 307 g/mol. The Morgan fingerprint density at radius 1 is 1.22 bits per heavy atom. The standard InChI is InChI=1S/C13H14BrN3O/c1-8-11(14)13(15-2)17-12(16-8)9-6-4-5-7-10(9)18-3/h4-7H,1-3H3,(H,15,16,17). The quantitative estimate of drug-likeness (QED) is 0.945. The number of benzene rings is 1. The van der Waals surface area contributed by atoms with Gasteiger partial charge in [0, 0.05) is 7.05 Å². The van der Waals surface area contributed by atoms with Crippen LogP contribution in [-0.4, -0.2) is 24.1 Å². The summed E-state index contributed by atoms with van der Waals surface area (Å²) in [6, 6.07) is 7.71. The molecule has 1 heterocycles. The van der Waals surface area contributed by atoms with E-state index in [0.717, 1.165) is 27.3 Å². The summed E-state index contributed by atoms with van der Waals surface area (Å²) >= 11 is 3.46. The molecule has 4 nitrogen and oxygen atoms in total. The molecular formula is C13H14BrN3O. The van der Waals surface area contributed by atoms with Gasteiger partial charge in [-0.1, -0.05) is 12.1 Å². The third kappa shape index (κ3) is 2.31. The number of rotatable bonds is 3. The summed E-state index contributed by atoms with van der Waals surface area (Å²) < 4.78 is 6.21. The molecule has 2 aromatic rings. The Balaban J connectivity index is 2.61. The minimum Gasteiger partial charge on any atom is -0.496 e. The average Bonchev–Trinajstić information content (AvgIpc) is 2.41. The molecule has 1 N–H and O–H groups in total. The first-order chi connectivity index (χ1) is 8.67. The third-order valence-corrected chi connectivity index (χ3v) is 3.55. The zero-order chi connectivity index (χ0) is 13.1. The number of ether oxygens (including phenoxy) is 1. The van der Waals surface area contributed by atoms with Crippen LogP contribution in [0.4, 0.5) is 5.82 Å². The topological polar surface area (TPSA) is 47.0 Å². The Kier molecular flexibility index (Phi) is 3.81. The van der Waals surface area contributed by atoms with Gasteiger partial charge in [0.15, 0.2) is 5.82 Å².